The van der Waals surface area contributed by atoms with Crippen LogP contribution in [0.1, 0.15) is 25.7 Å². The van der Waals surface area contributed by atoms with E-state index in [0.717, 1.165) is 6.42 Å². The van der Waals surface area contributed by atoms with Crippen LogP contribution in [0.2, 0.25) is 0 Å². The summed E-state index contributed by atoms with van der Waals surface area (Å²) < 4.78 is 0. The van der Waals surface area contributed by atoms with Crippen LogP contribution in [0.15, 0.2) is 0 Å². The second kappa shape index (κ2) is 5.59. The van der Waals surface area contributed by atoms with Gasteiger partial charge in [0.2, 0.25) is 11.8 Å². The molecular weight excluding hydrogens is 184 g/mol. The molecule has 0 bridgehead atoms. The highest BCUT2D eigenvalue weighted by atomic mass is 16.3. The van der Waals surface area contributed by atoms with Gasteiger partial charge in [-0.3, -0.25) is 9.59 Å². The molecule has 3 N–H and O–H groups in total. The van der Waals surface area contributed by atoms with Crippen molar-refractivity contribution < 1.29 is 14.7 Å². The third-order valence-electron chi connectivity index (χ3n) is 2.20. The molecule has 0 aliphatic carbocycles. The largest absolute Gasteiger partial charge is 0.396 e. The number of aliphatic hydroxyl groups excluding tert-OH is 1. The van der Waals surface area contributed by atoms with Crippen molar-refractivity contribution in [2.24, 2.45) is 0 Å². The summed E-state index contributed by atoms with van der Waals surface area (Å²) in [5.74, 6) is -0.172. The van der Waals surface area contributed by atoms with Gasteiger partial charge < -0.3 is 15.7 Å². The topological polar surface area (TPSA) is 78.4 Å². The number of nitrogens with one attached hydrogen (secondary N) is 2. The van der Waals surface area contributed by atoms with Gasteiger partial charge in [0.15, 0.2) is 0 Å². The van der Waals surface area contributed by atoms with E-state index < -0.39 is 0 Å². The molecule has 1 aliphatic heterocycles. The smallest absolute Gasteiger partial charge is 0.242 e. The molecule has 1 heterocycles. The van der Waals surface area contributed by atoms with E-state index in [2.05, 4.69) is 10.6 Å². The Morgan fingerprint density at radius 1 is 1.57 bits per heavy atom. The summed E-state index contributed by atoms with van der Waals surface area (Å²) in [5, 5.41) is 13.8. The second-order valence-corrected chi connectivity index (χ2v) is 3.38. The molecule has 0 aromatic heterocycles. The van der Waals surface area contributed by atoms with Gasteiger partial charge in [-0.25, -0.2) is 0 Å². The second-order valence-electron chi connectivity index (χ2n) is 3.38. The zero-order chi connectivity index (χ0) is 10.4. The highest BCUT2D eigenvalue weighted by Crippen LogP contribution is 2.05. The van der Waals surface area contributed by atoms with Crippen molar-refractivity contribution >= 4 is 11.8 Å². The fourth-order valence-corrected chi connectivity index (χ4v) is 1.38. The summed E-state index contributed by atoms with van der Waals surface area (Å²) in [6, 6.07) is -0.350. The molecule has 1 fully saturated rings. The number of amides is 2. The Morgan fingerprint density at radius 2 is 2.36 bits per heavy atom. The van der Waals surface area contributed by atoms with Crippen LogP contribution < -0.4 is 10.6 Å². The number of hydrogen-bond acceptors (Lipinski definition) is 3. The minimum absolute atomic E-state index is 0.0551. The van der Waals surface area contributed by atoms with E-state index in [0.29, 0.717) is 25.8 Å². The SMILES string of the molecule is O=C1CC[C@H](C(=O)NCCCCO)N1. The lowest BCUT2D eigenvalue weighted by Gasteiger charge is -2.10. The van der Waals surface area contributed by atoms with Crippen LogP contribution in [0.3, 0.4) is 0 Å². The molecule has 0 aromatic rings. The first-order valence-corrected chi connectivity index (χ1v) is 4.92. The lowest BCUT2D eigenvalue weighted by molar-refractivity contribution is -0.125. The van der Waals surface area contributed by atoms with Crippen molar-refractivity contribution in [3.8, 4) is 0 Å². The van der Waals surface area contributed by atoms with Crippen molar-refractivity contribution in [2.45, 2.75) is 31.7 Å². The monoisotopic (exact) mass is 200 g/mol. The van der Waals surface area contributed by atoms with Crippen molar-refractivity contribution in [3.05, 3.63) is 0 Å². The molecule has 1 aliphatic rings. The molecule has 80 valence electrons. The molecule has 0 unspecified atom stereocenters. The van der Waals surface area contributed by atoms with Crippen LogP contribution in [0.5, 0.6) is 0 Å². The minimum atomic E-state index is -0.350. The molecule has 5 heteroatoms. The van der Waals surface area contributed by atoms with Gasteiger partial charge in [-0.1, -0.05) is 0 Å². The maximum absolute atomic E-state index is 11.4. The van der Waals surface area contributed by atoms with Crippen LogP contribution in [-0.2, 0) is 9.59 Å². The average Bonchev–Trinajstić information content (AvgIpc) is 2.59. The number of rotatable bonds is 5. The number of carbonyl (C=O) groups is 2. The van der Waals surface area contributed by atoms with E-state index in [1.807, 2.05) is 0 Å². The number of hydrogen-bond donors (Lipinski definition) is 3. The average molecular weight is 200 g/mol. The highest BCUT2D eigenvalue weighted by molar-refractivity contribution is 5.90. The summed E-state index contributed by atoms with van der Waals surface area (Å²) in [5.41, 5.74) is 0. The Balaban J connectivity index is 2.12. The van der Waals surface area contributed by atoms with Crippen molar-refractivity contribution in [1.82, 2.24) is 10.6 Å². The Hall–Kier alpha value is -1.10. The van der Waals surface area contributed by atoms with Crippen LogP contribution in [0, 0.1) is 0 Å². The Kier molecular flexibility index (Phi) is 4.39. The molecule has 1 rings (SSSR count). The van der Waals surface area contributed by atoms with Gasteiger partial charge in [0.25, 0.3) is 0 Å². The molecule has 1 atom stereocenters. The zero-order valence-electron chi connectivity index (χ0n) is 8.08. The first-order valence-electron chi connectivity index (χ1n) is 4.92. The summed E-state index contributed by atoms with van der Waals surface area (Å²) in [7, 11) is 0. The standard InChI is InChI=1S/C9H16N2O3/c12-6-2-1-5-10-9(14)7-3-4-8(13)11-7/h7,12H,1-6H2,(H,10,14)(H,11,13)/t7-/m1/s1. The highest BCUT2D eigenvalue weighted by Gasteiger charge is 2.26. The van der Waals surface area contributed by atoms with Crippen LogP contribution in [0.4, 0.5) is 0 Å². The first-order chi connectivity index (χ1) is 6.74. The van der Waals surface area contributed by atoms with Gasteiger partial charge >= 0.3 is 0 Å². The van der Waals surface area contributed by atoms with E-state index in [1.54, 1.807) is 0 Å². The van der Waals surface area contributed by atoms with E-state index in [9.17, 15) is 9.59 Å². The fraction of sp³-hybridized carbons (Fsp3) is 0.778. The molecule has 2 amide bonds. The van der Waals surface area contributed by atoms with Gasteiger partial charge in [-0.05, 0) is 19.3 Å². The summed E-state index contributed by atoms with van der Waals surface area (Å²) in [4.78, 5) is 22.2. The molecule has 0 spiro atoms. The van der Waals surface area contributed by atoms with Crippen molar-refractivity contribution in [2.75, 3.05) is 13.2 Å². The van der Waals surface area contributed by atoms with Crippen LogP contribution in [-0.4, -0.2) is 36.1 Å². The predicted molar refractivity (Wildman–Crippen MR) is 50.5 cm³/mol. The van der Waals surface area contributed by atoms with E-state index in [-0.39, 0.29) is 24.5 Å². The molecular formula is C9H16N2O3. The molecule has 0 aromatic carbocycles. The lowest BCUT2D eigenvalue weighted by Crippen LogP contribution is -2.41. The minimum Gasteiger partial charge on any atom is -0.396 e. The molecule has 0 radical (unpaired) electrons. The normalized spacial score (nSPS) is 20.6. The maximum Gasteiger partial charge on any atom is 0.242 e. The molecule has 14 heavy (non-hydrogen) atoms. The zero-order valence-corrected chi connectivity index (χ0v) is 8.08. The number of aliphatic hydroxyl groups is 1. The molecule has 1 saturated heterocycles. The van der Waals surface area contributed by atoms with E-state index in [1.165, 1.54) is 0 Å². The van der Waals surface area contributed by atoms with Crippen LogP contribution in [0.25, 0.3) is 0 Å². The van der Waals surface area contributed by atoms with Gasteiger partial charge in [0.05, 0.1) is 0 Å². The fourth-order valence-electron chi connectivity index (χ4n) is 1.38. The van der Waals surface area contributed by atoms with Crippen LogP contribution >= 0.6 is 0 Å². The summed E-state index contributed by atoms with van der Waals surface area (Å²) in [6.07, 6.45) is 2.49. The predicted octanol–water partition coefficient (Wildman–Crippen LogP) is -0.846. The van der Waals surface area contributed by atoms with Gasteiger partial charge in [0, 0.05) is 19.6 Å². The van der Waals surface area contributed by atoms with E-state index >= 15 is 0 Å². The van der Waals surface area contributed by atoms with Crippen molar-refractivity contribution in [3.63, 3.8) is 0 Å². The third kappa shape index (κ3) is 3.33. The molecule has 5 nitrogen and oxygen atoms in total. The molecule has 0 saturated carbocycles. The first kappa shape index (κ1) is 11.0. The lowest BCUT2D eigenvalue weighted by atomic mass is 10.2. The van der Waals surface area contributed by atoms with Gasteiger partial charge in [0.1, 0.15) is 6.04 Å². The van der Waals surface area contributed by atoms with Gasteiger partial charge in [-0.2, -0.15) is 0 Å². The maximum atomic E-state index is 11.4. The Bertz CT molecular complexity index is 218. The number of unbranched alkanes of at least 4 members (excludes halogenated alkanes) is 1. The quantitative estimate of drug-likeness (QED) is 0.506. The number of carbonyl (C=O) groups excluding carboxylic acids is 2. The summed E-state index contributed by atoms with van der Waals surface area (Å²) >= 11 is 0. The third-order valence-corrected chi connectivity index (χ3v) is 2.20. The Labute approximate surface area is 82.9 Å². The van der Waals surface area contributed by atoms with Crippen molar-refractivity contribution in [1.29, 1.82) is 0 Å². The summed E-state index contributed by atoms with van der Waals surface area (Å²) in [6.45, 7) is 0.710. The Morgan fingerprint density at radius 3 is 2.93 bits per heavy atom. The van der Waals surface area contributed by atoms with E-state index in [4.69, 9.17) is 5.11 Å². The van der Waals surface area contributed by atoms with Gasteiger partial charge in [-0.15, -0.1) is 0 Å².